The lowest BCUT2D eigenvalue weighted by Crippen LogP contribution is -1.94. The van der Waals surface area contributed by atoms with Crippen LogP contribution >= 0.6 is 11.3 Å². The van der Waals surface area contributed by atoms with Gasteiger partial charge in [-0.1, -0.05) is 0 Å². The molecule has 0 spiro atoms. The Balaban J connectivity index is 1.64. The molecule has 0 amide bonds. The molecule has 0 unspecified atom stereocenters. The maximum Gasteiger partial charge on any atom is 0.187 e. The molecule has 4 aromatic rings. The Morgan fingerprint density at radius 3 is 2.62 bits per heavy atom. The van der Waals surface area contributed by atoms with Gasteiger partial charge in [-0.2, -0.15) is 0 Å². The molecule has 3 aromatic heterocycles. The standard InChI is InChI=1S/C20H18N4OS/c1-12-8-9-24-18(10-12)21-13(2)19(24)17-11-26-20(23-17)22-16-6-4-15(5-7-16)14(3)25/h4-11H,1-3H3,(H,22,23). The summed E-state index contributed by atoms with van der Waals surface area (Å²) >= 11 is 1.54. The molecule has 1 N–H and O–H groups in total. The van der Waals surface area contributed by atoms with Gasteiger partial charge in [0.15, 0.2) is 10.9 Å². The number of ketones is 1. The van der Waals surface area contributed by atoms with Crippen LogP contribution in [0.2, 0.25) is 0 Å². The summed E-state index contributed by atoms with van der Waals surface area (Å²) in [6, 6.07) is 11.5. The van der Waals surface area contributed by atoms with Crippen LogP contribution in [0.15, 0.2) is 48.0 Å². The highest BCUT2D eigenvalue weighted by molar-refractivity contribution is 7.14. The van der Waals surface area contributed by atoms with Gasteiger partial charge in [-0.25, -0.2) is 9.97 Å². The number of carbonyl (C=O) groups excluding carboxylic acids is 1. The zero-order valence-electron chi connectivity index (χ0n) is 14.8. The first-order valence-corrected chi connectivity index (χ1v) is 9.18. The van der Waals surface area contributed by atoms with E-state index >= 15 is 0 Å². The number of rotatable bonds is 4. The number of nitrogens with one attached hydrogen (secondary N) is 1. The quantitative estimate of drug-likeness (QED) is 0.518. The van der Waals surface area contributed by atoms with E-state index in [4.69, 9.17) is 4.98 Å². The van der Waals surface area contributed by atoms with Gasteiger partial charge in [-0.15, -0.1) is 11.3 Å². The van der Waals surface area contributed by atoms with Gasteiger partial charge in [0.25, 0.3) is 0 Å². The molecule has 0 aliphatic carbocycles. The molecule has 130 valence electrons. The largest absolute Gasteiger partial charge is 0.332 e. The summed E-state index contributed by atoms with van der Waals surface area (Å²) in [7, 11) is 0. The molecule has 3 heterocycles. The maximum absolute atomic E-state index is 11.4. The van der Waals surface area contributed by atoms with Gasteiger partial charge in [0, 0.05) is 22.8 Å². The molecule has 0 atom stereocenters. The highest BCUT2D eigenvalue weighted by Crippen LogP contribution is 2.30. The molecule has 26 heavy (non-hydrogen) atoms. The average molecular weight is 362 g/mol. The summed E-state index contributed by atoms with van der Waals surface area (Å²) in [6.45, 7) is 5.63. The van der Waals surface area contributed by atoms with Crippen LogP contribution in [0, 0.1) is 13.8 Å². The molecule has 4 rings (SSSR count). The van der Waals surface area contributed by atoms with Crippen molar-refractivity contribution in [3.05, 3.63) is 64.8 Å². The second kappa shape index (κ2) is 6.38. The van der Waals surface area contributed by atoms with E-state index in [0.29, 0.717) is 5.56 Å². The summed E-state index contributed by atoms with van der Waals surface area (Å²) < 4.78 is 2.07. The van der Waals surface area contributed by atoms with Gasteiger partial charge in [0.1, 0.15) is 11.3 Å². The van der Waals surface area contributed by atoms with E-state index < -0.39 is 0 Å². The van der Waals surface area contributed by atoms with E-state index in [-0.39, 0.29) is 5.78 Å². The van der Waals surface area contributed by atoms with E-state index in [1.165, 1.54) is 5.56 Å². The topological polar surface area (TPSA) is 59.3 Å². The van der Waals surface area contributed by atoms with Gasteiger partial charge in [-0.05, 0) is 62.7 Å². The number of Topliss-reactive ketones (excluding diaryl/α,β-unsaturated/α-hetero) is 1. The Hall–Kier alpha value is -2.99. The fourth-order valence-electron chi connectivity index (χ4n) is 2.92. The number of hydrogen-bond acceptors (Lipinski definition) is 5. The van der Waals surface area contributed by atoms with E-state index in [1.807, 2.05) is 42.8 Å². The molecule has 5 nitrogen and oxygen atoms in total. The number of anilines is 2. The highest BCUT2D eigenvalue weighted by atomic mass is 32.1. The molecule has 1 aromatic carbocycles. The summed E-state index contributed by atoms with van der Waals surface area (Å²) in [5.74, 6) is 0.0615. The Morgan fingerprint density at radius 1 is 1.12 bits per heavy atom. The second-order valence-corrected chi connectivity index (χ2v) is 7.13. The van der Waals surface area contributed by atoms with Crippen molar-refractivity contribution < 1.29 is 4.79 Å². The van der Waals surface area contributed by atoms with Crippen LogP contribution in [-0.2, 0) is 0 Å². The fourth-order valence-corrected chi connectivity index (χ4v) is 3.64. The van der Waals surface area contributed by atoms with Crippen LogP contribution in [0.25, 0.3) is 17.0 Å². The average Bonchev–Trinajstić information content (AvgIpc) is 3.18. The molecule has 0 saturated carbocycles. The van der Waals surface area contributed by atoms with Crippen molar-refractivity contribution >= 4 is 33.6 Å². The maximum atomic E-state index is 11.4. The molecular formula is C20H18N4OS. The smallest absolute Gasteiger partial charge is 0.187 e. The molecule has 0 saturated heterocycles. The molecule has 0 aliphatic rings. The third-order valence-electron chi connectivity index (χ3n) is 4.25. The Labute approximate surface area is 155 Å². The number of thiazole rings is 1. The van der Waals surface area contributed by atoms with Gasteiger partial charge >= 0.3 is 0 Å². The zero-order valence-corrected chi connectivity index (χ0v) is 15.6. The van der Waals surface area contributed by atoms with E-state index in [2.05, 4.69) is 33.8 Å². The van der Waals surface area contributed by atoms with Crippen LogP contribution in [0.4, 0.5) is 10.8 Å². The number of aromatic nitrogens is 3. The summed E-state index contributed by atoms with van der Waals surface area (Å²) in [4.78, 5) is 20.7. The van der Waals surface area contributed by atoms with Gasteiger partial charge in [-0.3, -0.25) is 9.20 Å². The number of pyridine rings is 1. The minimum atomic E-state index is 0.0615. The predicted molar refractivity (Wildman–Crippen MR) is 106 cm³/mol. The van der Waals surface area contributed by atoms with Crippen molar-refractivity contribution in [3.8, 4) is 11.4 Å². The van der Waals surface area contributed by atoms with Crippen molar-refractivity contribution in [2.75, 3.05) is 5.32 Å². The summed E-state index contributed by atoms with van der Waals surface area (Å²) in [6.07, 6.45) is 2.03. The Morgan fingerprint density at radius 2 is 1.88 bits per heavy atom. The SMILES string of the molecule is CC(=O)c1ccc(Nc2nc(-c3c(C)nc4cc(C)ccn34)cs2)cc1. The molecule has 0 bridgehead atoms. The molecule has 0 radical (unpaired) electrons. The number of benzene rings is 1. The monoisotopic (exact) mass is 362 g/mol. The molecule has 0 aliphatic heterocycles. The van der Waals surface area contributed by atoms with Crippen LogP contribution in [0.3, 0.4) is 0 Å². The normalized spacial score (nSPS) is 11.0. The van der Waals surface area contributed by atoms with E-state index in [9.17, 15) is 4.79 Å². The van der Waals surface area contributed by atoms with Crippen molar-refractivity contribution in [3.63, 3.8) is 0 Å². The fraction of sp³-hybridized carbons (Fsp3) is 0.150. The minimum Gasteiger partial charge on any atom is -0.332 e. The van der Waals surface area contributed by atoms with E-state index in [1.54, 1.807) is 18.3 Å². The van der Waals surface area contributed by atoms with Gasteiger partial charge < -0.3 is 5.32 Å². The number of aryl methyl sites for hydroxylation is 2. The van der Waals surface area contributed by atoms with Crippen molar-refractivity contribution in [2.45, 2.75) is 20.8 Å². The zero-order chi connectivity index (χ0) is 18.3. The van der Waals surface area contributed by atoms with Crippen LogP contribution in [0.1, 0.15) is 28.5 Å². The van der Waals surface area contributed by atoms with Gasteiger partial charge in [0.2, 0.25) is 0 Å². The third kappa shape index (κ3) is 2.99. The van der Waals surface area contributed by atoms with Crippen LogP contribution < -0.4 is 5.32 Å². The summed E-state index contributed by atoms with van der Waals surface area (Å²) in [5.41, 5.74) is 6.58. The number of carbonyl (C=O) groups is 1. The number of fused-ring (bicyclic) bond motifs is 1. The molecule has 6 heteroatoms. The highest BCUT2D eigenvalue weighted by Gasteiger charge is 2.14. The number of imidazole rings is 1. The van der Waals surface area contributed by atoms with Gasteiger partial charge in [0.05, 0.1) is 11.4 Å². The first-order chi connectivity index (χ1) is 12.5. The van der Waals surface area contributed by atoms with Crippen molar-refractivity contribution in [1.82, 2.24) is 14.4 Å². The van der Waals surface area contributed by atoms with E-state index in [0.717, 1.165) is 33.5 Å². The third-order valence-corrected chi connectivity index (χ3v) is 5.00. The summed E-state index contributed by atoms with van der Waals surface area (Å²) in [5, 5.41) is 6.13. The Kier molecular flexibility index (Phi) is 4.05. The van der Waals surface area contributed by atoms with Crippen LogP contribution in [-0.4, -0.2) is 20.2 Å². The first kappa shape index (κ1) is 16.5. The first-order valence-electron chi connectivity index (χ1n) is 8.30. The Bertz CT molecular complexity index is 1110. The predicted octanol–water partition coefficient (Wildman–Crippen LogP) is 5.02. The van der Waals surface area contributed by atoms with Crippen molar-refractivity contribution in [1.29, 1.82) is 0 Å². The lowest BCUT2D eigenvalue weighted by atomic mass is 10.1. The minimum absolute atomic E-state index is 0.0615. The molecular weight excluding hydrogens is 344 g/mol. The lowest BCUT2D eigenvalue weighted by molar-refractivity contribution is 0.101. The number of nitrogens with zero attached hydrogens (tertiary/aromatic N) is 3. The van der Waals surface area contributed by atoms with Crippen LogP contribution in [0.5, 0.6) is 0 Å². The number of hydrogen-bond donors (Lipinski definition) is 1. The lowest BCUT2D eigenvalue weighted by Gasteiger charge is -2.03. The van der Waals surface area contributed by atoms with Crippen molar-refractivity contribution in [2.24, 2.45) is 0 Å². The second-order valence-electron chi connectivity index (χ2n) is 6.27. The molecule has 0 fully saturated rings.